The van der Waals surface area contributed by atoms with Crippen LogP contribution in [0.15, 0.2) is 65.7 Å². The van der Waals surface area contributed by atoms with Gasteiger partial charge in [-0.25, -0.2) is 0 Å². The van der Waals surface area contributed by atoms with Gasteiger partial charge >= 0.3 is 0 Å². The van der Waals surface area contributed by atoms with Crippen molar-refractivity contribution in [2.24, 2.45) is 22.2 Å². The molecule has 0 bridgehead atoms. The quantitative estimate of drug-likeness (QED) is 0.583. The monoisotopic (exact) mass is 415 g/mol. The second-order valence-corrected chi connectivity index (χ2v) is 10.9. The predicted molar refractivity (Wildman–Crippen MR) is 129 cm³/mol. The van der Waals surface area contributed by atoms with Crippen LogP contribution in [0.1, 0.15) is 69.7 Å². The van der Waals surface area contributed by atoms with E-state index in [1.807, 2.05) is 0 Å². The van der Waals surface area contributed by atoms with Crippen LogP contribution in [0.2, 0.25) is 0 Å². The van der Waals surface area contributed by atoms with Gasteiger partial charge in [0.15, 0.2) is 5.96 Å². The van der Waals surface area contributed by atoms with Crippen LogP contribution >= 0.6 is 0 Å². The smallest absolute Gasteiger partial charge is 0.197 e. The van der Waals surface area contributed by atoms with Crippen LogP contribution < -0.4 is 0 Å². The minimum atomic E-state index is 0.379. The summed E-state index contributed by atoms with van der Waals surface area (Å²) in [6.07, 6.45) is 5.46. The molecule has 1 saturated carbocycles. The van der Waals surface area contributed by atoms with Crippen molar-refractivity contribution in [2.45, 2.75) is 58.5 Å². The zero-order valence-electron chi connectivity index (χ0n) is 19.4. The molecule has 2 aliphatic heterocycles. The van der Waals surface area contributed by atoms with E-state index in [0.29, 0.717) is 17.5 Å². The Labute approximate surface area is 188 Å². The van der Waals surface area contributed by atoms with Gasteiger partial charge in [-0.15, -0.1) is 0 Å². The van der Waals surface area contributed by atoms with E-state index in [9.17, 15) is 0 Å². The van der Waals surface area contributed by atoms with Gasteiger partial charge in [-0.05, 0) is 54.1 Å². The summed E-state index contributed by atoms with van der Waals surface area (Å²) in [5.41, 5.74) is 3.26. The van der Waals surface area contributed by atoms with Crippen molar-refractivity contribution in [1.82, 2.24) is 9.80 Å². The Kier molecular flexibility index (Phi) is 5.54. The third kappa shape index (κ3) is 4.12. The molecule has 2 heterocycles. The number of hydrogen-bond acceptors (Lipinski definition) is 3. The van der Waals surface area contributed by atoms with Gasteiger partial charge in [-0.3, -0.25) is 4.99 Å². The molecule has 3 aliphatic rings. The van der Waals surface area contributed by atoms with E-state index in [4.69, 9.17) is 4.99 Å². The summed E-state index contributed by atoms with van der Waals surface area (Å²) in [7, 11) is 0. The molecule has 2 aromatic carbocycles. The number of hydrogen-bond donors (Lipinski definition) is 0. The van der Waals surface area contributed by atoms with Crippen molar-refractivity contribution >= 4 is 5.96 Å². The average Bonchev–Trinajstić information content (AvgIpc) is 3.35. The van der Waals surface area contributed by atoms with Crippen LogP contribution in [0.3, 0.4) is 0 Å². The highest BCUT2D eigenvalue weighted by Crippen LogP contribution is 2.43. The van der Waals surface area contributed by atoms with E-state index in [2.05, 4.69) is 91.2 Å². The summed E-state index contributed by atoms with van der Waals surface area (Å²) in [5, 5.41) is 0. The molecule has 0 unspecified atom stereocenters. The minimum absolute atomic E-state index is 0.379. The first-order valence-electron chi connectivity index (χ1n) is 12.2. The second-order valence-electron chi connectivity index (χ2n) is 10.9. The molecule has 31 heavy (non-hydrogen) atoms. The van der Waals surface area contributed by atoms with Crippen molar-refractivity contribution in [3.05, 3.63) is 71.8 Å². The largest absolute Gasteiger partial charge is 0.334 e. The minimum Gasteiger partial charge on any atom is -0.334 e. The van der Waals surface area contributed by atoms with Gasteiger partial charge in [0.05, 0.1) is 18.6 Å². The van der Waals surface area contributed by atoms with Crippen molar-refractivity contribution in [3.8, 4) is 0 Å². The molecule has 1 saturated heterocycles. The summed E-state index contributed by atoms with van der Waals surface area (Å²) in [6, 6.07) is 22.8. The van der Waals surface area contributed by atoms with Crippen molar-refractivity contribution < 1.29 is 0 Å². The number of aliphatic imine (C=N–C) groups is 1. The van der Waals surface area contributed by atoms with Crippen molar-refractivity contribution in [2.75, 3.05) is 19.6 Å². The van der Waals surface area contributed by atoms with Crippen LogP contribution in [-0.2, 0) is 0 Å². The molecule has 2 atom stereocenters. The van der Waals surface area contributed by atoms with Crippen LogP contribution in [0, 0.1) is 17.3 Å². The molecular weight excluding hydrogens is 378 g/mol. The highest BCUT2D eigenvalue weighted by molar-refractivity contribution is 5.85. The van der Waals surface area contributed by atoms with Gasteiger partial charge in [-0.2, -0.15) is 0 Å². The molecule has 2 fully saturated rings. The summed E-state index contributed by atoms with van der Waals surface area (Å²) in [6.45, 7) is 10.3. The molecule has 3 heteroatoms. The number of guanidine groups is 1. The van der Waals surface area contributed by atoms with E-state index >= 15 is 0 Å². The van der Waals surface area contributed by atoms with Gasteiger partial charge < -0.3 is 9.80 Å². The zero-order valence-corrected chi connectivity index (χ0v) is 19.4. The molecule has 1 aliphatic carbocycles. The molecule has 164 valence electrons. The Hall–Kier alpha value is -2.29. The maximum Gasteiger partial charge on any atom is 0.197 e. The van der Waals surface area contributed by atoms with E-state index in [0.717, 1.165) is 31.5 Å². The van der Waals surface area contributed by atoms with Gasteiger partial charge in [-0.1, -0.05) is 81.4 Å². The molecule has 0 N–H and O–H groups in total. The maximum atomic E-state index is 5.10. The Morgan fingerprint density at radius 3 is 1.97 bits per heavy atom. The van der Waals surface area contributed by atoms with Crippen LogP contribution in [-0.4, -0.2) is 35.4 Å². The number of nitrogens with zero attached hydrogens (tertiary/aromatic N) is 3. The van der Waals surface area contributed by atoms with Gasteiger partial charge in [0.25, 0.3) is 0 Å². The van der Waals surface area contributed by atoms with E-state index in [1.165, 1.54) is 42.8 Å². The SMILES string of the molecule is CC(C)(C)C1CCC(CN2C3=NC[C@H](c4ccccc4)N3C[C@H]2c2ccccc2)CC1. The van der Waals surface area contributed by atoms with Gasteiger partial charge in [0, 0.05) is 13.1 Å². The lowest BCUT2D eigenvalue weighted by Gasteiger charge is -2.39. The first kappa shape index (κ1) is 20.6. The lowest BCUT2D eigenvalue weighted by Crippen LogP contribution is -2.37. The topological polar surface area (TPSA) is 18.8 Å². The molecule has 0 radical (unpaired) electrons. The zero-order chi connectivity index (χ0) is 21.4. The maximum absolute atomic E-state index is 5.10. The normalized spacial score (nSPS) is 28.5. The Balaban J connectivity index is 1.36. The Morgan fingerprint density at radius 1 is 0.806 bits per heavy atom. The Morgan fingerprint density at radius 2 is 1.39 bits per heavy atom. The lowest BCUT2D eigenvalue weighted by atomic mass is 9.70. The van der Waals surface area contributed by atoms with E-state index in [-0.39, 0.29) is 0 Å². The van der Waals surface area contributed by atoms with Gasteiger partial charge in [0.2, 0.25) is 0 Å². The van der Waals surface area contributed by atoms with Gasteiger partial charge in [0.1, 0.15) is 0 Å². The van der Waals surface area contributed by atoms with E-state index in [1.54, 1.807) is 0 Å². The molecule has 3 nitrogen and oxygen atoms in total. The molecule has 0 spiro atoms. The first-order chi connectivity index (χ1) is 15.0. The number of benzene rings is 2. The van der Waals surface area contributed by atoms with Crippen LogP contribution in [0.25, 0.3) is 0 Å². The summed E-state index contributed by atoms with van der Waals surface area (Å²) in [4.78, 5) is 10.3. The Bertz CT molecular complexity index is 891. The predicted octanol–water partition coefficient (Wildman–Crippen LogP) is 6.31. The third-order valence-electron chi connectivity index (χ3n) is 7.94. The molecule has 0 aromatic heterocycles. The number of rotatable bonds is 4. The molecular formula is C28H37N3. The highest BCUT2D eigenvalue weighted by atomic mass is 15.5. The summed E-state index contributed by atoms with van der Waals surface area (Å²) < 4.78 is 0. The molecule has 0 amide bonds. The molecule has 5 rings (SSSR count). The molecule has 2 aromatic rings. The fourth-order valence-electron chi connectivity index (χ4n) is 6.01. The second kappa shape index (κ2) is 8.33. The first-order valence-corrected chi connectivity index (χ1v) is 12.2. The highest BCUT2D eigenvalue weighted by Gasteiger charge is 2.44. The fraction of sp³-hybridized carbons (Fsp3) is 0.536. The fourth-order valence-corrected chi connectivity index (χ4v) is 6.01. The van der Waals surface area contributed by atoms with Crippen LogP contribution in [0.5, 0.6) is 0 Å². The average molecular weight is 416 g/mol. The van der Waals surface area contributed by atoms with E-state index < -0.39 is 0 Å². The standard InChI is InChI=1S/C28H37N3/c1-28(2,3)24-16-14-21(15-17-24)19-30-26(23-12-8-5-9-13-23)20-31-25(18-29-27(30)31)22-10-6-4-7-11-22/h4-13,21,24-26H,14-20H2,1-3H3/t21?,24?,25-,26+/m1/s1. The lowest BCUT2D eigenvalue weighted by molar-refractivity contribution is 0.135. The van der Waals surface area contributed by atoms with Crippen LogP contribution in [0.4, 0.5) is 0 Å². The summed E-state index contributed by atoms with van der Waals surface area (Å²) in [5.74, 6) is 2.89. The third-order valence-corrected chi connectivity index (χ3v) is 7.94. The summed E-state index contributed by atoms with van der Waals surface area (Å²) >= 11 is 0. The van der Waals surface area contributed by atoms with Crippen molar-refractivity contribution in [1.29, 1.82) is 0 Å². The number of fused-ring (bicyclic) bond motifs is 1. The van der Waals surface area contributed by atoms with Crippen molar-refractivity contribution in [3.63, 3.8) is 0 Å².